The summed E-state index contributed by atoms with van der Waals surface area (Å²) in [6.07, 6.45) is 2.73. The molecule has 0 atom stereocenters. The van der Waals surface area contributed by atoms with Crippen LogP contribution in [0.15, 0.2) is 86.0 Å². The Bertz CT molecular complexity index is 608. The van der Waals surface area contributed by atoms with Gasteiger partial charge in [-0.05, 0) is 0 Å². The second-order valence-electron chi connectivity index (χ2n) is 4.67. The van der Waals surface area contributed by atoms with E-state index in [0.29, 0.717) is 11.1 Å². The molecule has 2 rings (SSSR count). The average molecular weight is 276 g/mol. The van der Waals surface area contributed by atoms with E-state index in [2.05, 4.69) is 13.2 Å². The number of carbonyl (C=O) groups is 2. The van der Waals surface area contributed by atoms with Crippen LogP contribution in [0.25, 0.3) is 0 Å². The fraction of sp³-hybridized carbons (Fsp3) is 0.0526. The van der Waals surface area contributed by atoms with Crippen molar-refractivity contribution in [2.45, 2.75) is 0 Å². The summed E-state index contributed by atoms with van der Waals surface area (Å²) in [7, 11) is 0. The van der Waals surface area contributed by atoms with Crippen molar-refractivity contribution < 1.29 is 9.59 Å². The van der Waals surface area contributed by atoms with Gasteiger partial charge in [0.2, 0.25) is 0 Å². The van der Waals surface area contributed by atoms with Gasteiger partial charge in [0.25, 0.3) is 0 Å². The van der Waals surface area contributed by atoms with Crippen LogP contribution >= 0.6 is 0 Å². The molecule has 0 bridgehead atoms. The van der Waals surface area contributed by atoms with E-state index in [1.54, 1.807) is 48.5 Å². The summed E-state index contributed by atoms with van der Waals surface area (Å²) in [6.45, 7) is 7.37. The summed E-state index contributed by atoms with van der Waals surface area (Å²) >= 11 is 0. The minimum absolute atomic E-state index is 0.318. The van der Waals surface area contributed by atoms with Gasteiger partial charge >= 0.3 is 0 Å². The molecule has 2 aromatic rings. The third-order valence-corrected chi connectivity index (χ3v) is 3.47. The fourth-order valence-electron chi connectivity index (χ4n) is 2.21. The molecule has 0 aliphatic heterocycles. The number of benzene rings is 2. The third-order valence-electron chi connectivity index (χ3n) is 3.47. The van der Waals surface area contributed by atoms with E-state index in [4.69, 9.17) is 0 Å². The molecule has 2 nitrogen and oxygen atoms in total. The molecule has 0 radical (unpaired) electrons. The molecule has 0 saturated carbocycles. The van der Waals surface area contributed by atoms with Crippen LogP contribution in [0.3, 0.4) is 0 Å². The van der Waals surface area contributed by atoms with E-state index >= 15 is 0 Å². The normalized spacial score (nSPS) is 10.7. The van der Waals surface area contributed by atoms with Crippen LogP contribution in [-0.2, 0) is 0 Å². The summed E-state index contributed by atoms with van der Waals surface area (Å²) in [5.41, 5.74) is -0.522. The minimum atomic E-state index is -1.44. The predicted octanol–water partition coefficient (Wildman–Crippen LogP) is 4.11. The number of Topliss-reactive ketones (excluding diaryl/α,β-unsaturated/α-hetero) is 2. The van der Waals surface area contributed by atoms with Crippen LogP contribution in [0.4, 0.5) is 0 Å². The van der Waals surface area contributed by atoms with Gasteiger partial charge in [-0.2, -0.15) is 0 Å². The predicted molar refractivity (Wildman–Crippen MR) is 84.4 cm³/mol. The monoisotopic (exact) mass is 276 g/mol. The zero-order chi connectivity index (χ0) is 15.3. The standard InChI is InChI=1S/C19H16O2/c1-3-19(4-2,17(20)15-11-7-5-8-12-15)18(21)16-13-9-6-10-14-16/h3-14H,1-2H2. The fourth-order valence-corrected chi connectivity index (χ4v) is 2.21. The Kier molecular flexibility index (Phi) is 4.29. The van der Waals surface area contributed by atoms with Gasteiger partial charge in [-0.3, -0.25) is 9.59 Å². The molecular weight excluding hydrogens is 260 g/mol. The second-order valence-corrected chi connectivity index (χ2v) is 4.67. The Morgan fingerprint density at radius 2 is 1.05 bits per heavy atom. The Hall–Kier alpha value is -2.74. The maximum Gasteiger partial charge on any atom is 0.184 e. The summed E-state index contributed by atoms with van der Waals surface area (Å²) in [5, 5.41) is 0. The smallest absolute Gasteiger partial charge is 0.184 e. The van der Waals surface area contributed by atoms with E-state index in [0.717, 1.165) is 0 Å². The zero-order valence-electron chi connectivity index (χ0n) is 11.7. The molecule has 0 spiro atoms. The van der Waals surface area contributed by atoms with Crippen molar-refractivity contribution in [3.8, 4) is 0 Å². The maximum atomic E-state index is 12.8. The minimum Gasteiger partial charge on any atom is -0.292 e. The van der Waals surface area contributed by atoms with Gasteiger partial charge in [0.15, 0.2) is 11.6 Å². The number of allylic oxidation sites excluding steroid dienone is 2. The lowest BCUT2D eigenvalue weighted by molar-refractivity contribution is 0.0777. The lowest BCUT2D eigenvalue weighted by Crippen LogP contribution is -2.35. The summed E-state index contributed by atoms with van der Waals surface area (Å²) in [4.78, 5) is 25.6. The largest absolute Gasteiger partial charge is 0.292 e. The summed E-state index contributed by atoms with van der Waals surface area (Å²) < 4.78 is 0. The number of carbonyl (C=O) groups excluding carboxylic acids is 2. The van der Waals surface area contributed by atoms with E-state index in [9.17, 15) is 9.59 Å². The van der Waals surface area contributed by atoms with E-state index in [1.807, 2.05) is 12.1 Å². The van der Waals surface area contributed by atoms with Gasteiger partial charge < -0.3 is 0 Å². The Morgan fingerprint density at radius 1 is 0.714 bits per heavy atom. The molecule has 0 aromatic heterocycles. The molecule has 0 unspecified atom stereocenters. The SMILES string of the molecule is C=CC(C=C)(C(=O)c1ccccc1)C(=O)c1ccccc1. The molecular formula is C19H16O2. The van der Waals surface area contributed by atoms with Crippen LogP contribution in [0.5, 0.6) is 0 Å². The molecule has 0 aliphatic rings. The maximum absolute atomic E-state index is 12.8. The molecule has 0 N–H and O–H groups in total. The average Bonchev–Trinajstić information content (AvgIpc) is 2.57. The molecule has 0 heterocycles. The van der Waals surface area contributed by atoms with Crippen LogP contribution in [0.2, 0.25) is 0 Å². The highest BCUT2D eigenvalue weighted by molar-refractivity contribution is 6.22. The molecule has 21 heavy (non-hydrogen) atoms. The summed E-state index contributed by atoms with van der Waals surface area (Å²) in [6, 6.07) is 17.4. The molecule has 0 saturated heterocycles. The van der Waals surface area contributed by atoms with Crippen molar-refractivity contribution in [3.05, 3.63) is 97.1 Å². The Balaban J connectivity index is 2.51. The summed E-state index contributed by atoms with van der Waals surface area (Å²) in [5.74, 6) is -0.635. The zero-order valence-corrected chi connectivity index (χ0v) is 11.7. The number of hydrogen-bond acceptors (Lipinski definition) is 2. The first-order chi connectivity index (χ1) is 10.2. The molecule has 0 aliphatic carbocycles. The first-order valence-corrected chi connectivity index (χ1v) is 6.62. The number of ketones is 2. The van der Waals surface area contributed by atoms with Crippen LogP contribution in [0.1, 0.15) is 20.7 Å². The van der Waals surface area contributed by atoms with Crippen molar-refractivity contribution >= 4 is 11.6 Å². The second kappa shape index (κ2) is 6.14. The van der Waals surface area contributed by atoms with E-state index in [-0.39, 0.29) is 11.6 Å². The van der Waals surface area contributed by atoms with Crippen molar-refractivity contribution in [1.29, 1.82) is 0 Å². The lowest BCUT2D eigenvalue weighted by atomic mass is 9.74. The van der Waals surface area contributed by atoms with Crippen LogP contribution in [0, 0.1) is 5.41 Å². The van der Waals surface area contributed by atoms with Crippen molar-refractivity contribution in [2.24, 2.45) is 5.41 Å². The van der Waals surface area contributed by atoms with Crippen molar-refractivity contribution in [2.75, 3.05) is 0 Å². The Morgan fingerprint density at radius 3 is 1.33 bits per heavy atom. The highest BCUT2D eigenvalue weighted by Crippen LogP contribution is 2.30. The highest BCUT2D eigenvalue weighted by atomic mass is 16.2. The van der Waals surface area contributed by atoms with Crippen LogP contribution < -0.4 is 0 Å². The van der Waals surface area contributed by atoms with Gasteiger partial charge in [-0.15, -0.1) is 13.2 Å². The first-order valence-electron chi connectivity index (χ1n) is 6.62. The van der Waals surface area contributed by atoms with Gasteiger partial charge in [-0.1, -0.05) is 72.8 Å². The molecule has 0 amide bonds. The lowest BCUT2D eigenvalue weighted by Gasteiger charge is -2.24. The van der Waals surface area contributed by atoms with Gasteiger partial charge in [-0.25, -0.2) is 0 Å². The van der Waals surface area contributed by atoms with E-state index < -0.39 is 5.41 Å². The molecule has 104 valence electrons. The molecule has 0 fully saturated rings. The third kappa shape index (κ3) is 2.61. The first kappa shape index (κ1) is 14.7. The van der Waals surface area contributed by atoms with Gasteiger partial charge in [0.05, 0.1) is 0 Å². The van der Waals surface area contributed by atoms with Crippen molar-refractivity contribution in [3.63, 3.8) is 0 Å². The van der Waals surface area contributed by atoms with E-state index in [1.165, 1.54) is 12.2 Å². The van der Waals surface area contributed by atoms with Crippen molar-refractivity contribution in [1.82, 2.24) is 0 Å². The topological polar surface area (TPSA) is 34.1 Å². The molecule has 2 aromatic carbocycles. The van der Waals surface area contributed by atoms with Gasteiger partial charge in [0, 0.05) is 11.1 Å². The van der Waals surface area contributed by atoms with Gasteiger partial charge in [0.1, 0.15) is 5.41 Å². The Labute approximate surface area is 124 Å². The molecule has 2 heteroatoms. The quantitative estimate of drug-likeness (QED) is 0.452. The van der Waals surface area contributed by atoms with Crippen LogP contribution in [-0.4, -0.2) is 11.6 Å². The number of rotatable bonds is 6. The highest BCUT2D eigenvalue weighted by Gasteiger charge is 2.40. The number of hydrogen-bond donors (Lipinski definition) is 0.